The molecule has 1 aliphatic rings. The molecule has 1 aliphatic heterocycles. The number of nitrogens with zero attached hydrogens (tertiary/aromatic N) is 2. The molecular formula is C32H46F2N4O3. The van der Waals surface area contributed by atoms with E-state index in [4.69, 9.17) is 0 Å². The number of aryl methyl sites for hydroxylation is 1. The van der Waals surface area contributed by atoms with Gasteiger partial charge in [-0.2, -0.15) is 0 Å². The normalized spacial score (nSPS) is 15.1. The summed E-state index contributed by atoms with van der Waals surface area (Å²) >= 11 is 0. The van der Waals surface area contributed by atoms with Gasteiger partial charge in [-0.25, -0.2) is 8.78 Å². The van der Waals surface area contributed by atoms with Gasteiger partial charge in [0, 0.05) is 36.8 Å². The number of aliphatic hydroxyl groups excluding tert-OH is 1. The van der Waals surface area contributed by atoms with Gasteiger partial charge in [-0.05, 0) is 113 Å². The summed E-state index contributed by atoms with van der Waals surface area (Å²) in [6.07, 6.45) is 4.10. The molecule has 0 aromatic heterocycles. The van der Waals surface area contributed by atoms with Crippen LogP contribution >= 0.6 is 0 Å². The van der Waals surface area contributed by atoms with E-state index < -0.39 is 29.7 Å². The van der Waals surface area contributed by atoms with E-state index in [1.54, 1.807) is 23.1 Å². The highest BCUT2D eigenvalue weighted by Gasteiger charge is 2.24. The van der Waals surface area contributed by atoms with Crippen molar-refractivity contribution >= 4 is 11.8 Å². The Morgan fingerprint density at radius 3 is 2.24 bits per heavy atom. The number of rotatable bonds is 16. The Labute approximate surface area is 243 Å². The first-order valence-corrected chi connectivity index (χ1v) is 15.0. The van der Waals surface area contributed by atoms with Crippen molar-refractivity contribution in [3.05, 3.63) is 70.3 Å². The minimum atomic E-state index is -1.01. The molecule has 3 rings (SSSR count). The second-order valence-corrected chi connectivity index (χ2v) is 11.1. The molecule has 0 spiro atoms. The van der Waals surface area contributed by atoms with Gasteiger partial charge in [0.05, 0.1) is 12.1 Å². The van der Waals surface area contributed by atoms with Crippen molar-refractivity contribution < 1.29 is 23.5 Å². The highest BCUT2D eigenvalue weighted by molar-refractivity contribution is 6.00. The predicted molar refractivity (Wildman–Crippen MR) is 158 cm³/mol. The van der Waals surface area contributed by atoms with Crippen LogP contribution in [0.15, 0.2) is 36.4 Å². The summed E-state index contributed by atoms with van der Waals surface area (Å²) in [6, 6.07) is 7.43. The largest absolute Gasteiger partial charge is 0.390 e. The molecule has 2 aromatic carbocycles. The lowest BCUT2D eigenvalue weighted by molar-refractivity contribution is 0.0755. The molecule has 1 fully saturated rings. The lowest BCUT2D eigenvalue weighted by atomic mass is 9.99. The average molecular weight is 573 g/mol. The quantitative estimate of drug-likeness (QED) is 0.261. The maximum atomic E-state index is 13.9. The van der Waals surface area contributed by atoms with Crippen LogP contribution in [0.25, 0.3) is 0 Å². The van der Waals surface area contributed by atoms with Crippen LogP contribution in [0.4, 0.5) is 8.78 Å². The van der Waals surface area contributed by atoms with Gasteiger partial charge in [-0.15, -0.1) is 0 Å². The van der Waals surface area contributed by atoms with Gasteiger partial charge in [0.1, 0.15) is 11.6 Å². The van der Waals surface area contributed by atoms with Gasteiger partial charge in [0.2, 0.25) is 0 Å². The summed E-state index contributed by atoms with van der Waals surface area (Å²) in [4.78, 5) is 30.9. The second kappa shape index (κ2) is 16.5. The molecule has 41 heavy (non-hydrogen) atoms. The molecule has 3 N–H and O–H groups in total. The van der Waals surface area contributed by atoms with Crippen molar-refractivity contribution in [1.29, 1.82) is 0 Å². The third-order valence-electron chi connectivity index (χ3n) is 7.40. The molecule has 9 heteroatoms. The first-order chi connectivity index (χ1) is 19.7. The third-order valence-corrected chi connectivity index (χ3v) is 7.40. The van der Waals surface area contributed by atoms with Crippen molar-refractivity contribution in [2.75, 3.05) is 45.8 Å². The maximum absolute atomic E-state index is 13.9. The lowest BCUT2D eigenvalue weighted by Gasteiger charge is -2.26. The van der Waals surface area contributed by atoms with Crippen LogP contribution < -0.4 is 10.6 Å². The number of likely N-dealkylation sites (tertiary alicyclic amines) is 1. The molecule has 1 heterocycles. The first kappa shape index (κ1) is 32.6. The van der Waals surface area contributed by atoms with E-state index >= 15 is 0 Å². The zero-order chi connectivity index (χ0) is 29.8. The van der Waals surface area contributed by atoms with E-state index in [0.29, 0.717) is 36.3 Å². The number of benzene rings is 2. The fourth-order valence-electron chi connectivity index (χ4n) is 5.42. The fraction of sp³-hybridized carbons (Fsp3) is 0.562. The Morgan fingerprint density at radius 1 is 0.976 bits per heavy atom. The van der Waals surface area contributed by atoms with Gasteiger partial charge >= 0.3 is 0 Å². The number of hydrogen-bond donors (Lipinski definition) is 3. The van der Waals surface area contributed by atoms with E-state index in [2.05, 4.69) is 15.5 Å². The Kier molecular flexibility index (Phi) is 13.2. The number of carbonyl (C=O) groups excluding carboxylic acids is 2. The molecule has 7 nitrogen and oxygen atoms in total. The van der Waals surface area contributed by atoms with E-state index in [1.165, 1.54) is 25.0 Å². The molecular weight excluding hydrogens is 526 g/mol. The Bertz CT molecular complexity index is 1110. The molecule has 0 bridgehead atoms. The standard InChI is InChI=1S/C32H46F2N4O3/c1-4-10-38(11-5-2)32(41)26-16-23(3)15-25(20-26)31(40)36-29(19-24-17-27(33)21-28(34)18-24)30(39)22-35-9-8-14-37-12-6-7-13-37/h15-18,20-21,29-30,35,39H,4-14,19,22H2,1-3H3,(H,36,40)/t29-,30+/m0/s1. The molecule has 1 saturated heterocycles. The zero-order valence-corrected chi connectivity index (χ0v) is 24.7. The smallest absolute Gasteiger partial charge is 0.253 e. The van der Waals surface area contributed by atoms with Crippen molar-refractivity contribution in [3.8, 4) is 0 Å². The van der Waals surface area contributed by atoms with Crippen molar-refractivity contribution in [1.82, 2.24) is 20.4 Å². The Balaban J connectivity index is 1.72. The van der Waals surface area contributed by atoms with Crippen molar-refractivity contribution in [3.63, 3.8) is 0 Å². The first-order valence-electron chi connectivity index (χ1n) is 15.0. The minimum Gasteiger partial charge on any atom is -0.390 e. The van der Waals surface area contributed by atoms with Crippen LogP contribution in [0.1, 0.15) is 77.8 Å². The number of aliphatic hydroxyl groups is 1. The Hall–Kier alpha value is -2.88. The second-order valence-electron chi connectivity index (χ2n) is 11.1. The molecule has 0 aliphatic carbocycles. The number of halogens is 2. The van der Waals surface area contributed by atoms with Crippen molar-refractivity contribution in [2.45, 2.75) is 71.4 Å². The zero-order valence-electron chi connectivity index (χ0n) is 24.7. The topological polar surface area (TPSA) is 84.9 Å². The third kappa shape index (κ3) is 10.5. The van der Waals surface area contributed by atoms with Gasteiger partial charge in [-0.3, -0.25) is 9.59 Å². The molecule has 2 atom stereocenters. The molecule has 0 saturated carbocycles. The number of nitrogens with one attached hydrogen (secondary N) is 2. The fourth-order valence-corrected chi connectivity index (χ4v) is 5.42. The molecule has 2 aromatic rings. The number of hydrogen-bond acceptors (Lipinski definition) is 5. The monoisotopic (exact) mass is 572 g/mol. The summed E-state index contributed by atoms with van der Waals surface area (Å²) in [5.41, 5.74) is 1.82. The summed E-state index contributed by atoms with van der Waals surface area (Å²) in [5.74, 6) is -2.03. The molecule has 0 radical (unpaired) electrons. The minimum absolute atomic E-state index is 0.0371. The van der Waals surface area contributed by atoms with Crippen LogP contribution in [0.5, 0.6) is 0 Å². The van der Waals surface area contributed by atoms with E-state index in [-0.39, 0.29) is 18.9 Å². The summed E-state index contributed by atoms with van der Waals surface area (Å²) in [7, 11) is 0. The summed E-state index contributed by atoms with van der Waals surface area (Å²) in [6.45, 7) is 11.3. The van der Waals surface area contributed by atoms with E-state index in [0.717, 1.165) is 50.5 Å². The molecule has 2 amide bonds. The number of amides is 2. The van der Waals surface area contributed by atoms with Crippen molar-refractivity contribution in [2.24, 2.45) is 0 Å². The summed E-state index contributed by atoms with van der Waals surface area (Å²) in [5, 5.41) is 17.2. The highest BCUT2D eigenvalue weighted by atomic mass is 19.1. The van der Waals surface area contributed by atoms with Crippen LogP contribution in [0.2, 0.25) is 0 Å². The Morgan fingerprint density at radius 2 is 1.61 bits per heavy atom. The van der Waals surface area contributed by atoms with Gasteiger partial charge in [0.15, 0.2) is 0 Å². The van der Waals surface area contributed by atoms with E-state index in [9.17, 15) is 23.5 Å². The van der Waals surface area contributed by atoms with Gasteiger partial charge in [0.25, 0.3) is 11.8 Å². The number of carbonyl (C=O) groups is 2. The molecule has 0 unspecified atom stereocenters. The van der Waals surface area contributed by atoms with Gasteiger partial charge in [-0.1, -0.05) is 13.8 Å². The van der Waals surface area contributed by atoms with Crippen LogP contribution in [0, 0.1) is 18.6 Å². The lowest BCUT2D eigenvalue weighted by Crippen LogP contribution is -2.49. The highest BCUT2D eigenvalue weighted by Crippen LogP contribution is 2.16. The van der Waals surface area contributed by atoms with Gasteiger partial charge < -0.3 is 25.5 Å². The van der Waals surface area contributed by atoms with Crippen LogP contribution in [-0.4, -0.2) is 84.7 Å². The van der Waals surface area contributed by atoms with Crippen LogP contribution in [0.3, 0.4) is 0 Å². The maximum Gasteiger partial charge on any atom is 0.253 e. The molecule has 226 valence electrons. The average Bonchev–Trinajstić information content (AvgIpc) is 3.44. The SMILES string of the molecule is CCCN(CCC)C(=O)c1cc(C)cc(C(=O)N[C@@H](Cc2cc(F)cc(F)c2)[C@H](O)CNCCCN2CCCC2)c1. The van der Waals surface area contributed by atoms with E-state index in [1.807, 2.05) is 20.8 Å². The summed E-state index contributed by atoms with van der Waals surface area (Å²) < 4.78 is 27.8. The predicted octanol–water partition coefficient (Wildman–Crippen LogP) is 4.31. The van der Waals surface area contributed by atoms with Crippen LogP contribution in [-0.2, 0) is 6.42 Å².